The average molecular weight is 234 g/mol. The van der Waals surface area contributed by atoms with Crippen LogP contribution in [-0.2, 0) is 23.1 Å². The van der Waals surface area contributed by atoms with Gasteiger partial charge in [-0.1, -0.05) is 0 Å². The van der Waals surface area contributed by atoms with Gasteiger partial charge in [0.25, 0.3) is 0 Å². The van der Waals surface area contributed by atoms with Crippen LogP contribution in [0.3, 0.4) is 0 Å². The van der Waals surface area contributed by atoms with E-state index < -0.39 is 19.4 Å². The molecular weight excluding hydrogens is 219 g/mol. The van der Waals surface area contributed by atoms with Gasteiger partial charge in [0, 0.05) is 5.57 Å². The zero-order chi connectivity index (χ0) is 11.5. The fourth-order valence-electron chi connectivity index (χ4n) is 1.22. The molecule has 1 aliphatic rings. The largest absolute Gasteiger partial charge is 0.442 e. The van der Waals surface area contributed by atoms with Crippen molar-refractivity contribution in [1.82, 2.24) is 0 Å². The second-order valence-electron chi connectivity index (χ2n) is 3.02. The zero-order valence-corrected chi connectivity index (χ0v) is 9.95. The van der Waals surface area contributed by atoms with Crippen LogP contribution in [0.5, 0.6) is 0 Å². The molecule has 0 amide bonds. The first-order chi connectivity index (χ1) is 7.03. The molecule has 0 N–H and O–H groups in total. The van der Waals surface area contributed by atoms with E-state index in [2.05, 4.69) is 0 Å². The summed E-state index contributed by atoms with van der Waals surface area (Å²) in [6, 6.07) is 0. The van der Waals surface area contributed by atoms with Crippen LogP contribution in [0.4, 0.5) is 0 Å². The molecule has 0 aromatic rings. The smallest absolute Gasteiger partial charge is 0.374 e. The van der Waals surface area contributed by atoms with Gasteiger partial charge >= 0.3 is 13.6 Å². The van der Waals surface area contributed by atoms with E-state index in [0.717, 1.165) is 0 Å². The Kier molecular flexibility index (Phi) is 4.08. The molecule has 0 saturated carbocycles. The maximum atomic E-state index is 12.1. The molecule has 15 heavy (non-hydrogen) atoms. The summed E-state index contributed by atoms with van der Waals surface area (Å²) < 4.78 is 27.2. The first-order valence-corrected chi connectivity index (χ1v) is 6.43. The van der Waals surface area contributed by atoms with Crippen molar-refractivity contribution in [3.63, 3.8) is 0 Å². The number of ether oxygens (including phenoxy) is 1. The fourth-order valence-corrected chi connectivity index (χ4v) is 2.94. The lowest BCUT2D eigenvalue weighted by molar-refractivity contribution is -0.137. The Balaban J connectivity index is 2.83. The molecule has 1 heterocycles. The molecule has 0 aromatic heterocycles. The van der Waals surface area contributed by atoms with E-state index in [1.54, 1.807) is 20.8 Å². The van der Waals surface area contributed by atoms with Crippen molar-refractivity contribution in [2.45, 2.75) is 26.6 Å². The summed E-state index contributed by atoms with van der Waals surface area (Å²) in [5, 5.41) is 0. The summed E-state index contributed by atoms with van der Waals surface area (Å²) in [6.07, 6.45) is 1.48. The topological polar surface area (TPSA) is 61.8 Å². The van der Waals surface area contributed by atoms with Crippen LogP contribution in [0.2, 0.25) is 0 Å². The van der Waals surface area contributed by atoms with Crippen molar-refractivity contribution < 1.29 is 23.1 Å². The van der Waals surface area contributed by atoms with Crippen molar-refractivity contribution in [3.8, 4) is 0 Å². The Morgan fingerprint density at radius 2 is 1.93 bits per heavy atom. The van der Waals surface area contributed by atoms with E-state index >= 15 is 0 Å². The number of esters is 1. The molecule has 0 aliphatic carbocycles. The summed E-state index contributed by atoms with van der Waals surface area (Å²) in [5.41, 5.74) is 0.430. The molecule has 1 atom stereocenters. The van der Waals surface area contributed by atoms with Crippen molar-refractivity contribution >= 4 is 13.6 Å². The highest BCUT2D eigenvalue weighted by Crippen LogP contribution is 2.55. The van der Waals surface area contributed by atoms with E-state index in [1.807, 2.05) is 0 Å². The normalized spacial score (nSPS) is 21.4. The maximum absolute atomic E-state index is 12.1. The van der Waals surface area contributed by atoms with Gasteiger partial charge in [0.05, 0.1) is 13.2 Å². The number of hydrogen-bond donors (Lipinski definition) is 0. The van der Waals surface area contributed by atoms with Gasteiger partial charge in [0.2, 0.25) is 5.85 Å². The number of rotatable bonds is 5. The van der Waals surface area contributed by atoms with Crippen LogP contribution >= 0.6 is 7.60 Å². The summed E-state index contributed by atoms with van der Waals surface area (Å²) in [7, 11) is -3.36. The number of carbonyl (C=O) groups excluding carboxylic acids is 1. The Labute approximate surface area is 88.9 Å². The summed E-state index contributed by atoms with van der Waals surface area (Å²) in [6.45, 7) is 5.51. The monoisotopic (exact) mass is 234 g/mol. The lowest BCUT2D eigenvalue weighted by Crippen LogP contribution is -2.13. The van der Waals surface area contributed by atoms with Gasteiger partial charge in [-0.25, -0.2) is 4.79 Å². The molecule has 6 heteroatoms. The molecule has 0 spiro atoms. The molecular formula is C9H15O5P. The van der Waals surface area contributed by atoms with Gasteiger partial charge in [0.15, 0.2) is 0 Å². The van der Waals surface area contributed by atoms with Crippen molar-refractivity contribution in [3.05, 3.63) is 11.6 Å². The number of cyclic esters (lactones) is 1. The van der Waals surface area contributed by atoms with Crippen LogP contribution in [0, 0.1) is 0 Å². The van der Waals surface area contributed by atoms with Gasteiger partial charge in [-0.3, -0.25) is 4.57 Å². The lowest BCUT2D eigenvalue weighted by atomic mass is 10.3. The summed E-state index contributed by atoms with van der Waals surface area (Å²) in [5.74, 6) is -1.37. The average Bonchev–Trinajstić information content (AvgIpc) is 2.48. The minimum atomic E-state index is -3.36. The van der Waals surface area contributed by atoms with Crippen molar-refractivity contribution in [2.24, 2.45) is 0 Å². The van der Waals surface area contributed by atoms with Crippen LogP contribution in [0.25, 0.3) is 0 Å². The van der Waals surface area contributed by atoms with Crippen LogP contribution < -0.4 is 0 Å². The third kappa shape index (κ3) is 2.68. The fraction of sp³-hybridized carbons (Fsp3) is 0.667. The third-order valence-electron chi connectivity index (χ3n) is 1.87. The maximum Gasteiger partial charge on any atom is 0.374 e. The van der Waals surface area contributed by atoms with Crippen LogP contribution in [-0.4, -0.2) is 25.0 Å². The molecule has 0 radical (unpaired) electrons. The SMILES string of the molecule is CCOP(=O)(OCC)C1C=C(C)C(=O)O1. The van der Waals surface area contributed by atoms with E-state index in [4.69, 9.17) is 13.8 Å². The first kappa shape index (κ1) is 12.4. The van der Waals surface area contributed by atoms with Gasteiger partial charge in [-0.05, 0) is 26.8 Å². The third-order valence-corrected chi connectivity index (χ3v) is 3.99. The van der Waals surface area contributed by atoms with Crippen molar-refractivity contribution in [2.75, 3.05) is 13.2 Å². The Morgan fingerprint density at radius 1 is 1.40 bits per heavy atom. The minimum absolute atomic E-state index is 0.248. The van der Waals surface area contributed by atoms with Gasteiger partial charge in [-0.2, -0.15) is 0 Å². The first-order valence-electron chi connectivity index (χ1n) is 4.81. The summed E-state index contributed by atoms with van der Waals surface area (Å²) >= 11 is 0. The second-order valence-corrected chi connectivity index (χ2v) is 5.13. The molecule has 0 bridgehead atoms. The molecule has 0 aromatic carbocycles. The van der Waals surface area contributed by atoms with E-state index in [0.29, 0.717) is 5.57 Å². The summed E-state index contributed by atoms with van der Waals surface area (Å²) in [4.78, 5) is 11.1. The van der Waals surface area contributed by atoms with Crippen LogP contribution in [0.1, 0.15) is 20.8 Å². The Bertz CT molecular complexity index is 312. The van der Waals surface area contributed by atoms with Crippen LogP contribution in [0.15, 0.2) is 11.6 Å². The Hall–Kier alpha value is -0.640. The molecule has 86 valence electrons. The Morgan fingerprint density at radius 3 is 2.27 bits per heavy atom. The molecule has 5 nitrogen and oxygen atoms in total. The molecule has 1 unspecified atom stereocenters. The second kappa shape index (κ2) is 4.92. The van der Waals surface area contributed by atoms with E-state index in [1.165, 1.54) is 6.08 Å². The molecule has 0 fully saturated rings. The quantitative estimate of drug-likeness (QED) is 0.538. The van der Waals surface area contributed by atoms with Gasteiger partial charge < -0.3 is 13.8 Å². The van der Waals surface area contributed by atoms with Gasteiger partial charge in [-0.15, -0.1) is 0 Å². The lowest BCUT2D eigenvalue weighted by Gasteiger charge is -2.20. The zero-order valence-electron chi connectivity index (χ0n) is 9.06. The number of hydrogen-bond acceptors (Lipinski definition) is 5. The minimum Gasteiger partial charge on any atom is -0.442 e. The number of carbonyl (C=O) groups is 1. The van der Waals surface area contributed by atoms with Crippen molar-refractivity contribution in [1.29, 1.82) is 0 Å². The highest BCUT2D eigenvalue weighted by atomic mass is 31.2. The highest BCUT2D eigenvalue weighted by Gasteiger charge is 2.41. The molecule has 1 rings (SSSR count). The highest BCUT2D eigenvalue weighted by molar-refractivity contribution is 7.54. The molecule has 0 saturated heterocycles. The van der Waals surface area contributed by atoms with E-state index in [9.17, 15) is 9.36 Å². The standard InChI is InChI=1S/C9H15O5P/c1-4-12-15(11,13-5-2)8-6-7(3)9(10)14-8/h6,8H,4-5H2,1-3H3. The predicted octanol–water partition coefficient (Wildman–Crippen LogP) is 2.08. The van der Waals surface area contributed by atoms with Gasteiger partial charge in [0.1, 0.15) is 0 Å². The molecule has 1 aliphatic heterocycles. The predicted molar refractivity (Wildman–Crippen MR) is 54.5 cm³/mol. The van der Waals surface area contributed by atoms with E-state index in [-0.39, 0.29) is 13.2 Å².